The molecule has 3 aliphatic heterocycles. The molecular formula is C23H28F3N7O. The van der Waals surface area contributed by atoms with E-state index in [1.807, 2.05) is 38.7 Å². The fourth-order valence-corrected chi connectivity index (χ4v) is 5.15. The second-order valence-electron chi connectivity index (χ2n) is 9.76. The maximum Gasteiger partial charge on any atom is 0.391 e. The molecule has 1 aromatic heterocycles. The normalized spacial score (nSPS) is 33.8. The Morgan fingerprint density at radius 1 is 1.12 bits per heavy atom. The van der Waals surface area contributed by atoms with Crippen molar-refractivity contribution < 1.29 is 17.9 Å². The number of nitrogens with zero attached hydrogens (tertiary/aromatic N) is 7. The first-order chi connectivity index (χ1) is 16.0. The summed E-state index contributed by atoms with van der Waals surface area (Å²) < 4.78 is 45.7. The maximum absolute atomic E-state index is 13.2. The minimum atomic E-state index is -4.18. The molecule has 182 valence electrons. The van der Waals surface area contributed by atoms with E-state index in [-0.39, 0.29) is 24.9 Å². The van der Waals surface area contributed by atoms with E-state index >= 15 is 0 Å². The average molecular weight is 476 g/mol. The van der Waals surface area contributed by atoms with Crippen LogP contribution in [-0.4, -0.2) is 75.8 Å². The van der Waals surface area contributed by atoms with Gasteiger partial charge in [-0.25, -0.2) is 9.98 Å². The molecule has 1 saturated carbocycles. The Balaban J connectivity index is 1.45. The number of morpholine rings is 1. The maximum atomic E-state index is 13.2. The third-order valence-corrected chi connectivity index (χ3v) is 7.29. The monoisotopic (exact) mass is 475 g/mol. The number of ether oxygens (including phenoxy) is 1. The van der Waals surface area contributed by atoms with E-state index in [1.165, 1.54) is 0 Å². The molecule has 34 heavy (non-hydrogen) atoms. The molecule has 2 unspecified atom stereocenters. The van der Waals surface area contributed by atoms with Gasteiger partial charge in [0.2, 0.25) is 5.96 Å². The van der Waals surface area contributed by atoms with Gasteiger partial charge in [0.1, 0.15) is 11.6 Å². The first-order valence-electron chi connectivity index (χ1n) is 11.6. The van der Waals surface area contributed by atoms with Crippen molar-refractivity contribution in [2.24, 2.45) is 31.8 Å². The van der Waals surface area contributed by atoms with Crippen molar-refractivity contribution in [3.05, 3.63) is 23.5 Å². The van der Waals surface area contributed by atoms with Gasteiger partial charge in [0, 0.05) is 12.1 Å². The van der Waals surface area contributed by atoms with Crippen molar-refractivity contribution in [2.45, 2.75) is 64.4 Å². The van der Waals surface area contributed by atoms with Gasteiger partial charge in [0.25, 0.3) is 0 Å². The van der Waals surface area contributed by atoms with Crippen molar-refractivity contribution in [3.63, 3.8) is 0 Å². The molecule has 4 heterocycles. The van der Waals surface area contributed by atoms with Crippen LogP contribution in [0.4, 0.5) is 13.2 Å². The molecule has 1 saturated heterocycles. The van der Waals surface area contributed by atoms with Crippen molar-refractivity contribution in [2.75, 3.05) is 19.7 Å². The topological polar surface area (TPSA) is 87.7 Å². The first kappa shape index (κ1) is 23.1. The molecule has 1 aromatic rings. The number of hydrogen-bond acceptors (Lipinski definition) is 8. The third kappa shape index (κ3) is 4.03. The Morgan fingerprint density at radius 3 is 2.59 bits per heavy atom. The second-order valence-corrected chi connectivity index (χ2v) is 9.76. The number of aliphatic imine (C=N–C) groups is 4. The SMILES string of the molecule is CC1=NC2=NC(N3CCO[C@@H](c4cnnc(C)c4)C3)=NC(C3CC(C(F)(F)F)C3)C2(C)N=C1C. The van der Waals surface area contributed by atoms with Gasteiger partial charge < -0.3 is 9.64 Å². The van der Waals surface area contributed by atoms with Gasteiger partial charge in [-0.3, -0.25) is 4.99 Å². The number of alkyl halides is 3. The lowest BCUT2D eigenvalue weighted by molar-refractivity contribution is -0.206. The first-order valence-corrected chi connectivity index (χ1v) is 11.6. The van der Waals surface area contributed by atoms with E-state index in [2.05, 4.69) is 10.2 Å². The van der Waals surface area contributed by atoms with Crippen molar-refractivity contribution >= 4 is 23.2 Å². The molecule has 2 fully saturated rings. The zero-order chi connectivity index (χ0) is 24.3. The Morgan fingerprint density at radius 2 is 1.88 bits per heavy atom. The van der Waals surface area contributed by atoms with Gasteiger partial charge in [-0.1, -0.05) is 0 Å². The number of rotatable bonds is 2. The fourth-order valence-electron chi connectivity index (χ4n) is 5.15. The molecule has 0 aromatic carbocycles. The van der Waals surface area contributed by atoms with E-state index in [1.54, 1.807) is 6.20 Å². The molecule has 0 spiro atoms. The van der Waals surface area contributed by atoms with Crippen LogP contribution in [0, 0.1) is 18.8 Å². The van der Waals surface area contributed by atoms with Crippen LogP contribution in [0.25, 0.3) is 0 Å². The number of hydrogen-bond donors (Lipinski definition) is 0. The number of fused-ring (bicyclic) bond motifs is 1. The summed E-state index contributed by atoms with van der Waals surface area (Å²) in [6.45, 7) is 9.06. The molecule has 5 rings (SSSR count). The summed E-state index contributed by atoms with van der Waals surface area (Å²) in [5.74, 6) is -0.501. The van der Waals surface area contributed by atoms with E-state index in [4.69, 9.17) is 24.7 Å². The molecule has 11 heteroatoms. The summed E-state index contributed by atoms with van der Waals surface area (Å²) in [4.78, 5) is 21.3. The van der Waals surface area contributed by atoms with Crippen LogP contribution in [0.15, 0.2) is 32.2 Å². The number of aryl methyl sites for hydroxylation is 1. The fraction of sp³-hybridized carbons (Fsp3) is 0.652. The molecule has 0 bridgehead atoms. The van der Waals surface area contributed by atoms with E-state index in [9.17, 15) is 13.2 Å². The van der Waals surface area contributed by atoms with Crippen molar-refractivity contribution in [3.8, 4) is 0 Å². The predicted octanol–water partition coefficient (Wildman–Crippen LogP) is 3.58. The molecule has 0 radical (unpaired) electrons. The van der Waals surface area contributed by atoms with Gasteiger partial charge in [-0.15, -0.1) is 0 Å². The van der Waals surface area contributed by atoms with Gasteiger partial charge in [-0.05, 0) is 52.5 Å². The smallest absolute Gasteiger partial charge is 0.370 e. The molecule has 0 N–H and O–H groups in total. The molecule has 8 nitrogen and oxygen atoms in total. The Hall–Kier alpha value is -2.69. The zero-order valence-corrected chi connectivity index (χ0v) is 19.7. The highest BCUT2D eigenvalue weighted by Gasteiger charge is 2.56. The quantitative estimate of drug-likeness (QED) is 0.654. The third-order valence-electron chi connectivity index (χ3n) is 7.29. The lowest BCUT2D eigenvalue weighted by Crippen LogP contribution is -2.57. The summed E-state index contributed by atoms with van der Waals surface area (Å²) in [6.07, 6.45) is -2.61. The summed E-state index contributed by atoms with van der Waals surface area (Å²) >= 11 is 0. The predicted molar refractivity (Wildman–Crippen MR) is 123 cm³/mol. The molecule has 0 amide bonds. The van der Waals surface area contributed by atoms with Gasteiger partial charge in [-0.2, -0.15) is 28.4 Å². The van der Waals surface area contributed by atoms with Crippen molar-refractivity contribution in [1.82, 2.24) is 15.1 Å². The van der Waals surface area contributed by atoms with Crippen LogP contribution in [0.3, 0.4) is 0 Å². The highest BCUT2D eigenvalue weighted by molar-refractivity contribution is 6.44. The molecular weight excluding hydrogens is 447 g/mol. The summed E-state index contributed by atoms with van der Waals surface area (Å²) in [5.41, 5.74) is 2.38. The van der Waals surface area contributed by atoms with E-state index in [0.29, 0.717) is 31.5 Å². The summed E-state index contributed by atoms with van der Waals surface area (Å²) in [6, 6.07) is 1.49. The van der Waals surface area contributed by atoms with E-state index in [0.717, 1.165) is 22.7 Å². The minimum Gasteiger partial charge on any atom is -0.370 e. The summed E-state index contributed by atoms with van der Waals surface area (Å²) in [7, 11) is 0. The van der Waals surface area contributed by atoms with Crippen LogP contribution in [0.2, 0.25) is 0 Å². The Kier molecular flexibility index (Phi) is 5.57. The van der Waals surface area contributed by atoms with Gasteiger partial charge >= 0.3 is 6.18 Å². The highest BCUT2D eigenvalue weighted by Crippen LogP contribution is 2.50. The highest BCUT2D eigenvalue weighted by atomic mass is 19.4. The molecule has 1 aliphatic carbocycles. The number of halogens is 3. The van der Waals surface area contributed by atoms with Gasteiger partial charge in [0.15, 0.2) is 5.84 Å². The zero-order valence-electron chi connectivity index (χ0n) is 19.7. The Bertz CT molecular complexity index is 1110. The standard InChI is InChI=1S/C23H28F3N7O/c1-12-7-16(10-27-32-12)18-11-33(5-6-34-18)21-29-19(15-8-17(9-15)23(24,25)26)22(4)20(30-21)28-13(2)14(3)31-22/h7,10,15,17-19H,5-6,8-9,11H2,1-4H3/t15?,17?,18-,19?,22?/m1/s1. The average Bonchev–Trinajstić information content (AvgIpc) is 2.73. The van der Waals surface area contributed by atoms with Gasteiger partial charge in [0.05, 0.1) is 48.4 Å². The van der Waals surface area contributed by atoms with Crippen LogP contribution >= 0.6 is 0 Å². The van der Waals surface area contributed by atoms with E-state index < -0.39 is 23.7 Å². The number of amidine groups is 1. The van der Waals surface area contributed by atoms with Crippen LogP contribution in [0.1, 0.15) is 51.0 Å². The molecule has 3 atom stereocenters. The number of guanidine groups is 1. The number of aromatic nitrogens is 2. The van der Waals surface area contributed by atoms with Crippen LogP contribution < -0.4 is 0 Å². The Labute approximate surface area is 196 Å². The lowest BCUT2D eigenvalue weighted by atomic mass is 9.65. The minimum absolute atomic E-state index is 0.0543. The summed E-state index contributed by atoms with van der Waals surface area (Å²) in [5, 5.41) is 8.03. The van der Waals surface area contributed by atoms with Crippen LogP contribution in [0.5, 0.6) is 0 Å². The largest absolute Gasteiger partial charge is 0.391 e. The lowest BCUT2D eigenvalue weighted by Gasteiger charge is -2.47. The van der Waals surface area contributed by atoms with Crippen molar-refractivity contribution in [1.29, 1.82) is 0 Å². The second kappa shape index (κ2) is 8.21. The molecule has 4 aliphatic rings. The van der Waals surface area contributed by atoms with Crippen LogP contribution in [-0.2, 0) is 4.74 Å².